The summed E-state index contributed by atoms with van der Waals surface area (Å²) in [4.78, 5) is 10.6. The van der Waals surface area contributed by atoms with E-state index >= 15 is 0 Å². The maximum atomic E-state index is 4.58. The molecule has 0 bridgehead atoms. The highest BCUT2D eigenvalue weighted by atomic mass is 32.1. The van der Waals surface area contributed by atoms with Crippen molar-refractivity contribution >= 4 is 27.6 Å². The van der Waals surface area contributed by atoms with Crippen LogP contribution >= 0.6 is 11.5 Å². The largest absolute Gasteiger partial charge is 0.357 e. The number of benzene rings is 1. The molecule has 3 aromatic rings. The zero-order chi connectivity index (χ0) is 14.2. The first-order valence-corrected chi connectivity index (χ1v) is 8.23. The van der Waals surface area contributed by atoms with Gasteiger partial charge in [0.2, 0.25) is 5.13 Å². The number of piperidine rings is 1. The lowest BCUT2D eigenvalue weighted by Gasteiger charge is -2.34. The molecule has 4 rings (SSSR count). The van der Waals surface area contributed by atoms with Gasteiger partial charge in [0.1, 0.15) is 5.82 Å². The smallest absolute Gasteiger partial charge is 0.205 e. The molecule has 5 heteroatoms. The molecule has 1 unspecified atom stereocenters. The number of aromatic nitrogens is 3. The van der Waals surface area contributed by atoms with Crippen LogP contribution in [0.3, 0.4) is 0 Å². The maximum Gasteiger partial charge on any atom is 0.205 e. The van der Waals surface area contributed by atoms with Crippen molar-refractivity contribution in [1.29, 1.82) is 0 Å². The van der Waals surface area contributed by atoms with E-state index < -0.39 is 0 Å². The van der Waals surface area contributed by atoms with Gasteiger partial charge in [-0.15, -0.1) is 0 Å². The summed E-state index contributed by atoms with van der Waals surface area (Å²) in [6.07, 6.45) is 3.68. The zero-order valence-electron chi connectivity index (χ0n) is 12.0. The molecule has 0 saturated carbocycles. The van der Waals surface area contributed by atoms with Gasteiger partial charge in [-0.1, -0.05) is 18.2 Å². The molecular weight excluding hydrogens is 280 g/mol. The normalized spacial score (nSPS) is 19.3. The Morgan fingerprint density at radius 3 is 3.00 bits per heavy atom. The minimum Gasteiger partial charge on any atom is -0.357 e. The Bertz CT molecular complexity index is 727. The van der Waals surface area contributed by atoms with Crippen LogP contribution in [0.15, 0.2) is 30.3 Å². The summed E-state index contributed by atoms with van der Waals surface area (Å²) in [6, 6.07) is 11.1. The Morgan fingerprint density at radius 2 is 2.19 bits per heavy atom. The average molecular weight is 298 g/mol. The molecule has 1 aliphatic heterocycles. The van der Waals surface area contributed by atoms with Crippen LogP contribution in [0.5, 0.6) is 0 Å². The summed E-state index contributed by atoms with van der Waals surface area (Å²) in [7, 11) is 0. The highest BCUT2D eigenvalue weighted by Gasteiger charge is 2.27. The number of aryl methyl sites for hydroxylation is 1. The first-order valence-electron chi connectivity index (χ1n) is 7.46. The van der Waals surface area contributed by atoms with Crippen LogP contribution in [0.25, 0.3) is 10.9 Å². The number of anilines is 1. The number of aromatic amines is 1. The molecule has 0 spiro atoms. The molecule has 1 saturated heterocycles. The average Bonchev–Trinajstić information content (AvgIpc) is 3.13. The van der Waals surface area contributed by atoms with Crippen LogP contribution < -0.4 is 4.90 Å². The summed E-state index contributed by atoms with van der Waals surface area (Å²) in [5, 5.41) is 2.34. The van der Waals surface area contributed by atoms with Gasteiger partial charge in [-0.2, -0.15) is 4.37 Å². The molecule has 1 N–H and O–H groups in total. The van der Waals surface area contributed by atoms with Crippen molar-refractivity contribution in [2.75, 3.05) is 11.4 Å². The molecule has 1 fully saturated rings. The summed E-state index contributed by atoms with van der Waals surface area (Å²) in [5.74, 6) is 0.871. The lowest BCUT2D eigenvalue weighted by atomic mass is 10.00. The third-order valence-electron chi connectivity index (χ3n) is 4.18. The molecule has 4 nitrogen and oxygen atoms in total. The van der Waals surface area contributed by atoms with Gasteiger partial charge in [0.05, 0.1) is 6.04 Å². The van der Waals surface area contributed by atoms with E-state index in [9.17, 15) is 0 Å². The molecular formula is C16H18N4S. The fourth-order valence-corrected chi connectivity index (χ4v) is 3.91. The van der Waals surface area contributed by atoms with Crippen LogP contribution in [-0.2, 0) is 0 Å². The number of rotatable bonds is 2. The predicted octanol–water partition coefficient (Wildman–Crippen LogP) is 4.06. The second-order valence-electron chi connectivity index (χ2n) is 5.64. The summed E-state index contributed by atoms with van der Waals surface area (Å²) >= 11 is 1.51. The van der Waals surface area contributed by atoms with Gasteiger partial charge in [0.15, 0.2) is 0 Å². The second-order valence-corrected chi connectivity index (χ2v) is 6.37. The minimum absolute atomic E-state index is 0.387. The molecule has 0 aliphatic carbocycles. The molecule has 0 radical (unpaired) electrons. The van der Waals surface area contributed by atoms with Crippen molar-refractivity contribution in [3.63, 3.8) is 0 Å². The molecule has 3 heterocycles. The van der Waals surface area contributed by atoms with E-state index in [1.165, 1.54) is 47.4 Å². The number of nitrogens with zero attached hydrogens (tertiary/aromatic N) is 3. The zero-order valence-corrected chi connectivity index (χ0v) is 12.9. The number of H-pyrrole nitrogens is 1. The van der Waals surface area contributed by atoms with Crippen molar-refractivity contribution in [2.45, 2.75) is 32.2 Å². The van der Waals surface area contributed by atoms with E-state index in [0.717, 1.165) is 17.5 Å². The molecule has 108 valence electrons. The molecule has 1 aliphatic rings. The van der Waals surface area contributed by atoms with Crippen LogP contribution in [0.2, 0.25) is 0 Å². The van der Waals surface area contributed by atoms with Gasteiger partial charge < -0.3 is 9.88 Å². The lowest BCUT2D eigenvalue weighted by molar-refractivity contribution is 0.466. The quantitative estimate of drug-likeness (QED) is 0.776. The standard InChI is InChI=1S/C16H18N4S/c1-11-17-16(21-19-11)20-9-5-4-8-15(20)14-10-12-6-2-3-7-13(12)18-14/h2-3,6-7,10,15,18H,4-5,8-9H2,1H3. The van der Waals surface area contributed by atoms with Crippen LogP contribution in [-0.4, -0.2) is 20.9 Å². The summed E-state index contributed by atoms with van der Waals surface area (Å²) in [6.45, 7) is 3.02. The Kier molecular flexibility index (Phi) is 3.15. The van der Waals surface area contributed by atoms with E-state index in [0.29, 0.717) is 6.04 Å². The molecule has 2 aromatic heterocycles. The Morgan fingerprint density at radius 1 is 1.29 bits per heavy atom. The monoisotopic (exact) mass is 298 g/mol. The van der Waals surface area contributed by atoms with E-state index in [1.54, 1.807) is 0 Å². The second kappa shape index (κ2) is 5.15. The van der Waals surface area contributed by atoms with Gasteiger partial charge in [0, 0.05) is 29.3 Å². The minimum atomic E-state index is 0.387. The molecule has 1 aromatic carbocycles. The lowest BCUT2D eigenvalue weighted by Crippen LogP contribution is -2.33. The van der Waals surface area contributed by atoms with Gasteiger partial charge >= 0.3 is 0 Å². The number of nitrogens with one attached hydrogen (secondary N) is 1. The highest BCUT2D eigenvalue weighted by Crippen LogP contribution is 2.36. The number of fused-ring (bicyclic) bond motifs is 1. The first-order chi connectivity index (χ1) is 10.3. The Labute approximate surface area is 128 Å². The third kappa shape index (κ3) is 2.31. The SMILES string of the molecule is Cc1nsc(N2CCCCC2c2cc3ccccc3[nH]2)n1. The third-order valence-corrected chi connectivity index (χ3v) is 5.02. The topological polar surface area (TPSA) is 44.8 Å². The first kappa shape index (κ1) is 12.8. The fourth-order valence-electron chi connectivity index (χ4n) is 3.16. The number of para-hydroxylation sites is 1. The number of hydrogen-bond donors (Lipinski definition) is 1. The van der Waals surface area contributed by atoms with Gasteiger partial charge in [-0.05, 0) is 43.7 Å². The van der Waals surface area contributed by atoms with Crippen LogP contribution in [0, 0.1) is 6.92 Å². The number of hydrogen-bond acceptors (Lipinski definition) is 4. The van der Waals surface area contributed by atoms with Crippen LogP contribution in [0.4, 0.5) is 5.13 Å². The van der Waals surface area contributed by atoms with Crippen molar-refractivity contribution < 1.29 is 0 Å². The predicted molar refractivity (Wildman–Crippen MR) is 86.9 cm³/mol. The van der Waals surface area contributed by atoms with E-state index in [1.807, 2.05) is 6.92 Å². The van der Waals surface area contributed by atoms with Crippen molar-refractivity contribution in [3.05, 3.63) is 41.9 Å². The van der Waals surface area contributed by atoms with E-state index in [4.69, 9.17) is 0 Å². The molecule has 1 atom stereocenters. The fraction of sp³-hybridized carbons (Fsp3) is 0.375. The van der Waals surface area contributed by atoms with Crippen LogP contribution in [0.1, 0.15) is 36.8 Å². The molecule has 0 amide bonds. The maximum absolute atomic E-state index is 4.58. The van der Waals surface area contributed by atoms with Gasteiger partial charge in [-0.25, -0.2) is 4.98 Å². The molecule has 21 heavy (non-hydrogen) atoms. The van der Waals surface area contributed by atoms with Crippen molar-refractivity contribution in [2.24, 2.45) is 0 Å². The van der Waals surface area contributed by atoms with Crippen molar-refractivity contribution in [1.82, 2.24) is 14.3 Å². The van der Waals surface area contributed by atoms with Gasteiger partial charge in [-0.3, -0.25) is 0 Å². The highest BCUT2D eigenvalue weighted by molar-refractivity contribution is 7.09. The van der Waals surface area contributed by atoms with Gasteiger partial charge in [0.25, 0.3) is 0 Å². The summed E-state index contributed by atoms with van der Waals surface area (Å²) in [5.41, 5.74) is 2.51. The summed E-state index contributed by atoms with van der Waals surface area (Å²) < 4.78 is 4.34. The van der Waals surface area contributed by atoms with E-state index in [-0.39, 0.29) is 0 Å². The van der Waals surface area contributed by atoms with E-state index in [2.05, 4.69) is 49.6 Å². The Balaban J connectivity index is 1.73. The Hall–Kier alpha value is -1.88. The van der Waals surface area contributed by atoms with Crippen molar-refractivity contribution in [3.8, 4) is 0 Å².